The van der Waals surface area contributed by atoms with Crippen LogP contribution in [0.15, 0.2) is 58.3 Å². The maximum Gasteiger partial charge on any atom is 0.339 e. The molecule has 0 aliphatic heterocycles. The first kappa shape index (κ1) is 16.3. The molecule has 1 aliphatic carbocycles. The highest BCUT2D eigenvalue weighted by atomic mass is 32.2. The van der Waals surface area contributed by atoms with Crippen molar-refractivity contribution in [2.75, 3.05) is 0 Å². The van der Waals surface area contributed by atoms with Crippen molar-refractivity contribution < 1.29 is 14.3 Å². The van der Waals surface area contributed by atoms with Gasteiger partial charge < -0.3 is 4.74 Å². The number of nitrogens with zero attached hydrogens (tertiary/aromatic N) is 1. The fourth-order valence-corrected chi connectivity index (χ4v) is 3.61. The van der Waals surface area contributed by atoms with Gasteiger partial charge in [-0.3, -0.25) is 4.79 Å². The van der Waals surface area contributed by atoms with E-state index in [0.717, 1.165) is 11.3 Å². The van der Waals surface area contributed by atoms with Gasteiger partial charge >= 0.3 is 5.97 Å². The molecule has 24 heavy (non-hydrogen) atoms. The minimum Gasteiger partial charge on any atom is -0.451 e. The van der Waals surface area contributed by atoms with E-state index >= 15 is 0 Å². The van der Waals surface area contributed by atoms with Gasteiger partial charge in [0.2, 0.25) is 0 Å². The highest BCUT2D eigenvalue weighted by Gasteiger charge is 2.29. The number of hydrogen-bond donors (Lipinski definition) is 0. The first-order valence-corrected chi connectivity index (χ1v) is 8.50. The second kappa shape index (κ2) is 7.33. The Morgan fingerprint density at radius 2 is 1.83 bits per heavy atom. The van der Waals surface area contributed by atoms with Gasteiger partial charge in [0, 0.05) is 16.2 Å². The van der Waals surface area contributed by atoms with Crippen LogP contribution in [0.25, 0.3) is 0 Å². The number of hydrogen-bond acceptors (Lipinski definition) is 5. The lowest BCUT2D eigenvalue weighted by Crippen LogP contribution is -2.22. The Hall–Kier alpha value is -2.58. The van der Waals surface area contributed by atoms with Crippen molar-refractivity contribution in [3.8, 4) is 6.07 Å². The van der Waals surface area contributed by atoms with Gasteiger partial charge in [0.25, 0.3) is 0 Å². The van der Waals surface area contributed by atoms with Crippen LogP contribution in [0.4, 0.5) is 0 Å². The zero-order valence-corrected chi connectivity index (χ0v) is 13.7. The zero-order chi connectivity index (χ0) is 16.9. The Balaban J connectivity index is 1.84. The second-order valence-electron chi connectivity index (χ2n) is 5.46. The van der Waals surface area contributed by atoms with Crippen molar-refractivity contribution in [1.82, 2.24) is 0 Å². The number of ether oxygens (including phenoxy) is 1. The molecule has 0 aromatic heterocycles. The molecule has 1 fully saturated rings. The molecule has 5 heteroatoms. The van der Waals surface area contributed by atoms with Gasteiger partial charge in [-0.2, -0.15) is 5.26 Å². The van der Waals surface area contributed by atoms with E-state index in [4.69, 9.17) is 4.74 Å². The van der Waals surface area contributed by atoms with Gasteiger partial charge in [0.1, 0.15) is 6.07 Å². The van der Waals surface area contributed by atoms with Crippen LogP contribution in [-0.2, 0) is 9.53 Å². The molecule has 120 valence electrons. The van der Waals surface area contributed by atoms with E-state index in [0.29, 0.717) is 28.9 Å². The van der Waals surface area contributed by atoms with E-state index in [-0.39, 0.29) is 5.78 Å². The molecule has 0 saturated heterocycles. The van der Waals surface area contributed by atoms with E-state index in [2.05, 4.69) is 6.07 Å². The quantitative estimate of drug-likeness (QED) is 0.789. The Morgan fingerprint density at radius 1 is 1.12 bits per heavy atom. The molecular formula is C19H15NO3S. The fourth-order valence-electron chi connectivity index (χ4n) is 2.59. The molecule has 0 spiro atoms. The smallest absolute Gasteiger partial charge is 0.339 e. The summed E-state index contributed by atoms with van der Waals surface area (Å²) in [4.78, 5) is 25.6. The molecule has 1 atom stereocenters. The number of nitriles is 1. The number of ketones is 1. The first-order chi connectivity index (χ1) is 11.7. The molecule has 0 heterocycles. The van der Waals surface area contributed by atoms with Crippen LogP contribution < -0.4 is 0 Å². The van der Waals surface area contributed by atoms with Gasteiger partial charge in [-0.05, 0) is 37.1 Å². The minimum absolute atomic E-state index is 0.0108. The molecule has 0 amide bonds. The van der Waals surface area contributed by atoms with Crippen LogP contribution in [0.1, 0.15) is 35.2 Å². The molecular weight excluding hydrogens is 322 g/mol. The highest BCUT2D eigenvalue weighted by molar-refractivity contribution is 7.99. The van der Waals surface area contributed by atoms with Gasteiger partial charge in [-0.1, -0.05) is 36.0 Å². The molecule has 1 aliphatic rings. The predicted molar refractivity (Wildman–Crippen MR) is 89.8 cm³/mol. The third-order valence-corrected chi connectivity index (χ3v) is 4.98. The summed E-state index contributed by atoms with van der Waals surface area (Å²) in [7, 11) is 0. The Morgan fingerprint density at radius 3 is 2.54 bits per heavy atom. The molecule has 0 N–H and O–H groups in total. The second-order valence-corrected chi connectivity index (χ2v) is 6.54. The molecule has 0 radical (unpaired) electrons. The first-order valence-electron chi connectivity index (χ1n) is 7.69. The third-order valence-electron chi connectivity index (χ3n) is 3.83. The van der Waals surface area contributed by atoms with Crippen LogP contribution in [0.3, 0.4) is 0 Å². The topological polar surface area (TPSA) is 67.2 Å². The average Bonchev–Trinajstić information content (AvgIpc) is 3.00. The van der Waals surface area contributed by atoms with Gasteiger partial charge in [-0.15, -0.1) is 0 Å². The van der Waals surface area contributed by atoms with Gasteiger partial charge in [0.05, 0.1) is 11.1 Å². The molecule has 2 aromatic rings. The lowest BCUT2D eigenvalue weighted by Gasteiger charge is -2.13. The molecule has 1 saturated carbocycles. The SMILES string of the molecule is N#Cc1ccccc1Sc1ccccc1C(=O)O[C@H]1CCCC1=O. The molecule has 0 bridgehead atoms. The van der Waals surface area contributed by atoms with Crippen molar-refractivity contribution in [1.29, 1.82) is 5.26 Å². The lowest BCUT2D eigenvalue weighted by atomic mass is 10.2. The monoisotopic (exact) mass is 337 g/mol. The van der Waals surface area contributed by atoms with E-state index in [1.54, 1.807) is 24.3 Å². The van der Waals surface area contributed by atoms with Crippen LogP contribution in [0.2, 0.25) is 0 Å². The number of esters is 1. The summed E-state index contributed by atoms with van der Waals surface area (Å²) in [5.41, 5.74) is 0.964. The fraction of sp³-hybridized carbons (Fsp3) is 0.211. The third kappa shape index (κ3) is 3.50. The normalized spacial score (nSPS) is 16.6. The summed E-state index contributed by atoms with van der Waals surface area (Å²) >= 11 is 1.34. The summed E-state index contributed by atoms with van der Waals surface area (Å²) < 4.78 is 5.38. The number of carbonyl (C=O) groups is 2. The van der Waals surface area contributed by atoms with Crippen molar-refractivity contribution in [3.63, 3.8) is 0 Å². The van der Waals surface area contributed by atoms with Crippen LogP contribution in [-0.4, -0.2) is 17.9 Å². The number of rotatable bonds is 4. The highest BCUT2D eigenvalue weighted by Crippen LogP contribution is 2.33. The number of Topliss-reactive ketones (excluding diaryl/α,β-unsaturated/α-hetero) is 1. The van der Waals surface area contributed by atoms with E-state index in [1.165, 1.54) is 11.8 Å². The van der Waals surface area contributed by atoms with Gasteiger partial charge in [-0.25, -0.2) is 4.79 Å². The molecule has 4 nitrogen and oxygen atoms in total. The summed E-state index contributed by atoms with van der Waals surface area (Å²) in [6, 6.07) is 16.4. The Bertz CT molecular complexity index is 825. The molecule has 2 aromatic carbocycles. The van der Waals surface area contributed by atoms with Crippen molar-refractivity contribution in [3.05, 3.63) is 59.7 Å². The van der Waals surface area contributed by atoms with Crippen molar-refractivity contribution in [2.45, 2.75) is 35.2 Å². The maximum atomic E-state index is 12.5. The van der Waals surface area contributed by atoms with Crippen molar-refractivity contribution in [2.24, 2.45) is 0 Å². The lowest BCUT2D eigenvalue weighted by molar-refractivity contribution is -0.124. The number of benzene rings is 2. The van der Waals surface area contributed by atoms with Gasteiger partial charge in [0.15, 0.2) is 11.9 Å². The maximum absolute atomic E-state index is 12.5. The van der Waals surface area contributed by atoms with Crippen LogP contribution in [0, 0.1) is 11.3 Å². The predicted octanol–water partition coefficient (Wildman–Crippen LogP) is 3.99. The van der Waals surface area contributed by atoms with Crippen molar-refractivity contribution >= 4 is 23.5 Å². The standard InChI is InChI=1S/C19H15NO3S/c20-12-13-6-1-3-10-17(13)24-18-11-4-2-7-14(18)19(22)23-16-9-5-8-15(16)21/h1-4,6-7,10-11,16H,5,8-9H2/t16-/m0/s1. The summed E-state index contributed by atoms with van der Waals surface area (Å²) in [5.74, 6) is -0.504. The summed E-state index contributed by atoms with van der Waals surface area (Å²) in [6.07, 6.45) is 1.21. The Kier molecular flexibility index (Phi) is 4.97. The minimum atomic E-state index is -0.623. The number of carbonyl (C=O) groups excluding carboxylic acids is 2. The molecule has 0 unspecified atom stereocenters. The molecule has 3 rings (SSSR count). The summed E-state index contributed by atoms with van der Waals surface area (Å²) in [6.45, 7) is 0. The van der Waals surface area contributed by atoms with Crippen LogP contribution >= 0.6 is 11.8 Å². The zero-order valence-electron chi connectivity index (χ0n) is 12.9. The average molecular weight is 337 g/mol. The summed E-state index contributed by atoms with van der Waals surface area (Å²) in [5, 5.41) is 9.20. The van der Waals surface area contributed by atoms with E-state index < -0.39 is 12.1 Å². The van der Waals surface area contributed by atoms with Crippen LogP contribution in [0.5, 0.6) is 0 Å². The Labute approximate surface area is 144 Å². The van der Waals surface area contributed by atoms with E-state index in [1.807, 2.05) is 24.3 Å². The largest absolute Gasteiger partial charge is 0.451 e. The van der Waals surface area contributed by atoms with E-state index in [9.17, 15) is 14.9 Å².